The highest BCUT2D eigenvalue weighted by atomic mass is 16.3. The third-order valence-electron chi connectivity index (χ3n) is 8.84. The average Bonchev–Trinajstić information content (AvgIpc) is 2.72. The lowest BCUT2D eigenvalue weighted by molar-refractivity contribution is -0.00614. The summed E-state index contributed by atoms with van der Waals surface area (Å²) in [7, 11) is 0. The third-order valence-corrected chi connectivity index (χ3v) is 8.84. The molecule has 2 unspecified atom stereocenters. The normalized spacial score (nSPS) is 40.9. The highest BCUT2D eigenvalue weighted by Gasteiger charge is 2.52. The summed E-state index contributed by atoms with van der Waals surface area (Å²) in [6.07, 6.45) is 21.4. The molecule has 4 fully saturated rings. The first-order valence-corrected chi connectivity index (χ1v) is 11.7. The van der Waals surface area contributed by atoms with Crippen LogP contribution in [0.5, 0.6) is 5.75 Å². The minimum Gasteiger partial charge on any atom is -0.508 e. The van der Waals surface area contributed by atoms with Crippen LogP contribution in [0.3, 0.4) is 0 Å². The highest BCUT2D eigenvalue weighted by Crippen LogP contribution is 2.62. The molecule has 156 valence electrons. The Bertz CT molecular complexity index is 972. The van der Waals surface area contributed by atoms with E-state index in [-0.39, 0.29) is 17.4 Å². The Morgan fingerprint density at radius 2 is 1.70 bits per heavy atom. The zero-order valence-electron chi connectivity index (χ0n) is 17.8. The Morgan fingerprint density at radius 3 is 2.37 bits per heavy atom. The van der Waals surface area contributed by atoms with Gasteiger partial charge >= 0.3 is 0 Å². The van der Waals surface area contributed by atoms with Crippen molar-refractivity contribution in [2.24, 2.45) is 29.1 Å². The van der Waals surface area contributed by atoms with Gasteiger partial charge in [0.1, 0.15) is 5.75 Å². The van der Waals surface area contributed by atoms with Crippen LogP contribution < -0.4 is 0 Å². The van der Waals surface area contributed by atoms with Crippen LogP contribution in [-0.4, -0.2) is 16.8 Å². The summed E-state index contributed by atoms with van der Waals surface area (Å²) in [5.74, 6) is 3.40. The molecule has 0 aliphatic heterocycles. The van der Waals surface area contributed by atoms with Crippen LogP contribution in [0.15, 0.2) is 60.2 Å². The van der Waals surface area contributed by atoms with Crippen molar-refractivity contribution in [3.8, 4) is 5.75 Å². The SMILES string of the molecule is CC12C=CC(c3ccc(O)c(C45CC6CC(CC(C6)C4)C5)c3)=CC1C=CC(CO)=C2. The predicted molar refractivity (Wildman–Crippen MR) is 121 cm³/mol. The molecule has 0 heterocycles. The molecule has 0 amide bonds. The lowest BCUT2D eigenvalue weighted by Gasteiger charge is -2.57. The fourth-order valence-corrected chi connectivity index (χ4v) is 7.76. The second kappa shape index (κ2) is 6.47. The smallest absolute Gasteiger partial charge is 0.119 e. The Morgan fingerprint density at radius 1 is 1.00 bits per heavy atom. The molecule has 2 N–H and O–H groups in total. The van der Waals surface area contributed by atoms with Crippen molar-refractivity contribution in [1.29, 1.82) is 0 Å². The van der Waals surface area contributed by atoms with E-state index in [1.807, 2.05) is 6.07 Å². The van der Waals surface area contributed by atoms with Crippen molar-refractivity contribution in [2.75, 3.05) is 6.61 Å². The molecule has 1 aromatic carbocycles. The summed E-state index contributed by atoms with van der Waals surface area (Å²) < 4.78 is 0. The summed E-state index contributed by atoms with van der Waals surface area (Å²) >= 11 is 0. The molecular weight excluding hydrogens is 368 g/mol. The topological polar surface area (TPSA) is 40.5 Å². The quantitative estimate of drug-likeness (QED) is 0.661. The summed E-state index contributed by atoms with van der Waals surface area (Å²) in [6, 6.07) is 6.33. The van der Waals surface area contributed by atoms with E-state index in [9.17, 15) is 10.2 Å². The van der Waals surface area contributed by atoms with Gasteiger partial charge in [0.2, 0.25) is 0 Å². The maximum atomic E-state index is 10.9. The van der Waals surface area contributed by atoms with E-state index in [1.165, 1.54) is 55.2 Å². The average molecular weight is 401 g/mol. The molecule has 7 rings (SSSR count). The number of rotatable bonds is 3. The van der Waals surface area contributed by atoms with E-state index in [0.717, 1.165) is 23.3 Å². The van der Waals surface area contributed by atoms with Crippen molar-refractivity contribution in [3.05, 3.63) is 71.4 Å². The lowest BCUT2D eigenvalue weighted by Crippen LogP contribution is -2.48. The van der Waals surface area contributed by atoms with Crippen LogP contribution in [0.25, 0.3) is 5.57 Å². The van der Waals surface area contributed by atoms with Crippen LogP contribution in [0.2, 0.25) is 0 Å². The van der Waals surface area contributed by atoms with E-state index in [4.69, 9.17) is 0 Å². The Labute approximate surface area is 179 Å². The molecule has 6 aliphatic rings. The minimum atomic E-state index is -0.0734. The van der Waals surface area contributed by atoms with Crippen LogP contribution in [0, 0.1) is 29.1 Å². The van der Waals surface area contributed by atoms with Gasteiger partial charge in [-0.1, -0.05) is 49.4 Å². The molecule has 2 heteroatoms. The minimum absolute atomic E-state index is 0.0734. The van der Waals surface area contributed by atoms with Crippen molar-refractivity contribution < 1.29 is 10.2 Å². The van der Waals surface area contributed by atoms with Gasteiger partial charge in [-0.3, -0.25) is 0 Å². The van der Waals surface area contributed by atoms with Gasteiger partial charge < -0.3 is 10.2 Å². The van der Waals surface area contributed by atoms with E-state index >= 15 is 0 Å². The number of phenolic OH excluding ortho intramolecular Hbond substituents is 1. The standard InChI is InChI=1S/C28H32O2/c1-27-7-6-23(11-24(27)4-2-18(13-27)17-29)22-3-5-26(30)25(12-22)28-14-19-8-20(15-28)10-21(9-19)16-28/h2-7,11-13,19-21,24,29-30H,8-10,14-17H2,1H3. The molecule has 4 saturated carbocycles. The second-order valence-corrected chi connectivity index (χ2v) is 11.0. The number of fused-ring (bicyclic) bond motifs is 1. The predicted octanol–water partition coefficient (Wildman–Crippen LogP) is 5.92. The summed E-state index contributed by atoms with van der Waals surface area (Å²) in [6.45, 7) is 2.33. The number of allylic oxidation sites excluding steroid dienone is 6. The monoisotopic (exact) mass is 400 g/mol. The van der Waals surface area contributed by atoms with Gasteiger partial charge in [-0.15, -0.1) is 0 Å². The molecule has 2 atom stereocenters. The molecular formula is C28H32O2. The largest absolute Gasteiger partial charge is 0.508 e. The Hall–Kier alpha value is -2.06. The lowest BCUT2D eigenvalue weighted by atomic mass is 9.48. The van der Waals surface area contributed by atoms with Crippen LogP contribution >= 0.6 is 0 Å². The molecule has 0 spiro atoms. The number of aliphatic hydroxyl groups is 1. The fourth-order valence-electron chi connectivity index (χ4n) is 7.76. The molecule has 2 nitrogen and oxygen atoms in total. The highest BCUT2D eigenvalue weighted by molar-refractivity contribution is 5.77. The van der Waals surface area contributed by atoms with Crippen LogP contribution in [-0.2, 0) is 5.41 Å². The Balaban J connectivity index is 1.36. The summed E-state index contributed by atoms with van der Waals surface area (Å²) in [4.78, 5) is 0. The van der Waals surface area contributed by atoms with Gasteiger partial charge in [0.15, 0.2) is 0 Å². The first-order valence-electron chi connectivity index (χ1n) is 11.7. The van der Waals surface area contributed by atoms with Gasteiger partial charge in [-0.05, 0) is 90.5 Å². The van der Waals surface area contributed by atoms with E-state index in [0.29, 0.717) is 11.7 Å². The number of hydrogen-bond donors (Lipinski definition) is 2. The zero-order chi connectivity index (χ0) is 20.5. The molecule has 0 aromatic heterocycles. The van der Waals surface area contributed by atoms with Crippen molar-refractivity contribution >= 4 is 5.57 Å². The van der Waals surface area contributed by atoms with Gasteiger partial charge in [-0.2, -0.15) is 0 Å². The van der Waals surface area contributed by atoms with Crippen molar-refractivity contribution in [2.45, 2.75) is 50.9 Å². The molecule has 4 bridgehead atoms. The molecule has 0 radical (unpaired) electrons. The van der Waals surface area contributed by atoms with E-state index in [2.05, 4.69) is 55.5 Å². The van der Waals surface area contributed by atoms with Crippen LogP contribution in [0.4, 0.5) is 0 Å². The van der Waals surface area contributed by atoms with Gasteiger partial charge in [0, 0.05) is 16.9 Å². The third kappa shape index (κ3) is 2.80. The maximum absolute atomic E-state index is 10.9. The van der Waals surface area contributed by atoms with Gasteiger partial charge in [0.25, 0.3) is 0 Å². The first kappa shape index (κ1) is 18.7. The second-order valence-electron chi connectivity index (χ2n) is 11.0. The fraction of sp³-hybridized carbons (Fsp3) is 0.500. The Kier molecular flexibility index (Phi) is 4.03. The first-order chi connectivity index (χ1) is 14.5. The number of phenols is 1. The number of hydrogen-bond acceptors (Lipinski definition) is 2. The maximum Gasteiger partial charge on any atom is 0.119 e. The van der Waals surface area contributed by atoms with Crippen molar-refractivity contribution in [1.82, 2.24) is 0 Å². The zero-order valence-corrected chi connectivity index (χ0v) is 17.8. The number of benzene rings is 1. The molecule has 6 aliphatic carbocycles. The van der Waals surface area contributed by atoms with E-state index < -0.39 is 0 Å². The number of aliphatic hydroxyl groups excluding tert-OH is 1. The number of aromatic hydroxyl groups is 1. The molecule has 30 heavy (non-hydrogen) atoms. The summed E-state index contributed by atoms with van der Waals surface area (Å²) in [5.41, 5.74) is 4.80. The van der Waals surface area contributed by atoms with Gasteiger partial charge in [-0.25, -0.2) is 0 Å². The van der Waals surface area contributed by atoms with Gasteiger partial charge in [0.05, 0.1) is 6.61 Å². The summed E-state index contributed by atoms with van der Waals surface area (Å²) in [5, 5.41) is 20.4. The van der Waals surface area contributed by atoms with E-state index in [1.54, 1.807) is 0 Å². The van der Waals surface area contributed by atoms with Crippen LogP contribution in [0.1, 0.15) is 56.6 Å². The van der Waals surface area contributed by atoms with Crippen molar-refractivity contribution in [3.63, 3.8) is 0 Å². The molecule has 1 aromatic rings. The molecule has 0 saturated heterocycles.